The van der Waals surface area contributed by atoms with Gasteiger partial charge in [-0.05, 0) is 44.2 Å². The zero-order valence-electron chi connectivity index (χ0n) is 10.4. The van der Waals surface area contributed by atoms with E-state index in [4.69, 9.17) is 0 Å². The SMILES string of the molecule is CCC1CCC(=O)N(CCC2CNC2)CC1. The van der Waals surface area contributed by atoms with Crippen LogP contribution in [-0.4, -0.2) is 37.0 Å². The van der Waals surface area contributed by atoms with Crippen molar-refractivity contribution in [3.8, 4) is 0 Å². The maximum absolute atomic E-state index is 11.9. The first-order valence-corrected chi connectivity index (χ1v) is 6.78. The largest absolute Gasteiger partial charge is 0.343 e. The molecule has 0 bridgehead atoms. The van der Waals surface area contributed by atoms with E-state index in [1.54, 1.807) is 0 Å². The van der Waals surface area contributed by atoms with E-state index in [0.717, 1.165) is 50.9 Å². The zero-order chi connectivity index (χ0) is 11.4. The second-order valence-corrected chi connectivity index (χ2v) is 5.30. The molecule has 2 heterocycles. The fraction of sp³-hybridized carbons (Fsp3) is 0.923. The lowest BCUT2D eigenvalue weighted by atomic mass is 9.98. The third-order valence-corrected chi connectivity index (χ3v) is 4.18. The molecule has 2 rings (SSSR count). The second-order valence-electron chi connectivity index (χ2n) is 5.30. The van der Waals surface area contributed by atoms with Crippen molar-refractivity contribution in [3.05, 3.63) is 0 Å². The number of carbonyl (C=O) groups is 1. The van der Waals surface area contributed by atoms with E-state index < -0.39 is 0 Å². The van der Waals surface area contributed by atoms with E-state index in [1.165, 1.54) is 19.3 Å². The van der Waals surface area contributed by atoms with Crippen LogP contribution in [0.4, 0.5) is 0 Å². The fourth-order valence-corrected chi connectivity index (χ4v) is 2.63. The molecular formula is C13H24N2O. The van der Waals surface area contributed by atoms with Gasteiger partial charge in [-0.25, -0.2) is 0 Å². The van der Waals surface area contributed by atoms with E-state index >= 15 is 0 Å². The molecule has 0 aliphatic carbocycles. The molecular weight excluding hydrogens is 200 g/mol. The van der Waals surface area contributed by atoms with Crippen LogP contribution in [0.3, 0.4) is 0 Å². The molecule has 3 heteroatoms. The minimum atomic E-state index is 0.392. The molecule has 2 aliphatic rings. The molecule has 0 aromatic rings. The minimum absolute atomic E-state index is 0.392. The molecule has 0 saturated carbocycles. The molecule has 0 aromatic carbocycles. The van der Waals surface area contributed by atoms with E-state index in [0.29, 0.717) is 5.91 Å². The standard InChI is InChI=1S/C13H24N2O/c1-2-11-3-4-13(16)15(7-5-11)8-6-12-9-14-10-12/h11-12,14H,2-10H2,1H3. The summed E-state index contributed by atoms with van der Waals surface area (Å²) < 4.78 is 0. The third kappa shape index (κ3) is 2.97. The molecule has 1 atom stereocenters. The topological polar surface area (TPSA) is 32.3 Å². The van der Waals surface area contributed by atoms with Crippen LogP contribution in [0, 0.1) is 11.8 Å². The van der Waals surface area contributed by atoms with Crippen molar-refractivity contribution in [2.24, 2.45) is 11.8 Å². The number of nitrogens with zero attached hydrogens (tertiary/aromatic N) is 1. The first-order chi connectivity index (χ1) is 7.79. The number of hydrogen-bond acceptors (Lipinski definition) is 2. The number of carbonyl (C=O) groups excluding carboxylic acids is 1. The average molecular weight is 224 g/mol. The molecule has 0 aromatic heterocycles. The van der Waals surface area contributed by atoms with Crippen LogP contribution >= 0.6 is 0 Å². The van der Waals surface area contributed by atoms with Gasteiger partial charge in [-0.15, -0.1) is 0 Å². The average Bonchev–Trinajstić information content (AvgIpc) is 2.40. The van der Waals surface area contributed by atoms with Crippen LogP contribution in [0.25, 0.3) is 0 Å². The zero-order valence-corrected chi connectivity index (χ0v) is 10.4. The van der Waals surface area contributed by atoms with Crippen molar-refractivity contribution < 1.29 is 4.79 Å². The molecule has 16 heavy (non-hydrogen) atoms. The molecule has 1 amide bonds. The van der Waals surface area contributed by atoms with E-state index in [9.17, 15) is 4.79 Å². The Morgan fingerprint density at radius 2 is 2.12 bits per heavy atom. The van der Waals surface area contributed by atoms with E-state index in [2.05, 4.69) is 17.1 Å². The van der Waals surface area contributed by atoms with Gasteiger partial charge >= 0.3 is 0 Å². The van der Waals surface area contributed by atoms with Gasteiger partial charge in [-0.1, -0.05) is 13.3 Å². The van der Waals surface area contributed by atoms with Gasteiger partial charge in [0.2, 0.25) is 5.91 Å². The number of rotatable bonds is 4. The lowest BCUT2D eigenvalue weighted by Gasteiger charge is -2.30. The van der Waals surface area contributed by atoms with Crippen molar-refractivity contribution >= 4 is 5.91 Å². The normalized spacial score (nSPS) is 27.7. The summed E-state index contributed by atoms with van der Waals surface area (Å²) in [4.78, 5) is 14.0. The van der Waals surface area contributed by atoms with Gasteiger partial charge in [-0.2, -0.15) is 0 Å². The fourth-order valence-electron chi connectivity index (χ4n) is 2.63. The summed E-state index contributed by atoms with van der Waals surface area (Å²) in [6.45, 7) is 6.53. The van der Waals surface area contributed by atoms with Crippen molar-refractivity contribution in [2.45, 2.75) is 39.0 Å². The summed E-state index contributed by atoms with van der Waals surface area (Å²) in [5.74, 6) is 1.99. The molecule has 0 radical (unpaired) electrons. The maximum Gasteiger partial charge on any atom is 0.222 e. The van der Waals surface area contributed by atoms with Gasteiger partial charge in [0.1, 0.15) is 0 Å². The maximum atomic E-state index is 11.9. The highest BCUT2D eigenvalue weighted by atomic mass is 16.2. The Balaban J connectivity index is 1.75. The Bertz CT molecular complexity index is 238. The van der Waals surface area contributed by atoms with Crippen LogP contribution < -0.4 is 5.32 Å². The summed E-state index contributed by atoms with van der Waals surface area (Å²) in [5.41, 5.74) is 0. The molecule has 0 spiro atoms. The molecule has 2 aliphatic heterocycles. The molecule has 3 nitrogen and oxygen atoms in total. The lowest BCUT2D eigenvalue weighted by molar-refractivity contribution is -0.130. The van der Waals surface area contributed by atoms with Gasteiger partial charge in [0, 0.05) is 19.5 Å². The number of amides is 1. The summed E-state index contributed by atoms with van der Waals surface area (Å²) in [7, 11) is 0. The Hall–Kier alpha value is -0.570. The van der Waals surface area contributed by atoms with Crippen molar-refractivity contribution in [3.63, 3.8) is 0 Å². The summed E-state index contributed by atoms with van der Waals surface area (Å²) in [6.07, 6.45) is 5.52. The number of hydrogen-bond donors (Lipinski definition) is 1. The van der Waals surface area contributed by atoms with Gasteiger partial charge < -0.3 is 10.2 Å². The van der Waals surface area contributed by atoms with Crippen molar-refractivity contribution in [1.29, 1.82) is 0 Å². The van der Waals surface area contributed by atoms with Gasteiger partial charge in [0.15, 0.2) is 0 Å². The first kappa shape index (κ1) is 11.9. The smallest absolute Gasteiger partial charge is 0.222 e. The highest BCUT2D eigenvalue weighted by molar-refractivity contribution is 5.76. The van der Waals surface area contributed by atoms with Gasteiger partial charge in [-0.3, -0.25) is 4.79 Å². The quantitative estimate of drug-likeness (QED) is 0.787. The van der Waals surface area contributed by atoms with Crippen LogP contribution in [0.5, 0.6) is 0 Å². The summed E-state index contributed by atoms with van der Waals surface area (Å²) in [6, 6.07) is 0. The lowest BCUT2D eigenvalue weighted by Crippen LogP contribution is -2.44. The molecule has 1 unspecified atom stereocenters. The van der Waals surface area contributed by atoms with Crippen LogP contribution in [-0.2, 0) is 4.79 Å². The monoisotopic (exact) mass is 224 g/mol. The molecule has 2 fully saturated rings. The Labute approximate surface area is 98.6 Å². The van der Waals surface area contributed by atoms with Crippen LogP contribution in [0.2, 0.25) is 0 Å². The predicted octanol–water partition coefficient (Wildman–Crippen LogP) is 1.63. The Kier molecular flexibility index (Phi) is 4.22. The van der Waals surface area contributed by atoms with Crippen LogP contribution in [0.1, 0.15) is 39.0 Å². The van der Waals surface area contributed by atoms with Crippen LogP contribution in [0.15, 0.2) is 0 Å². The van der Waals surface area contributed by atoms with Crippen molar-refractivity contribution in [2.75, 3.05) is 26.2 Å². The number of likely N-dealkylation sites (tertiary alicyclic amines) is 1. The summed E-state index contributed by atoms with van der Waals surface area (Å²) in [5, 5.41) is 3.29. The van der Waals surface area contributed by atoms with Gasteiger partial charge in [0.05, 0.1) is 0 Å². The third-order valence-electron chi connectivity index (χ3n) is 4.18. The number of nitrogens with one attached hydrogen (secondary N) is 1. The highest BCUT2D eigenvalue weighted by Gasteiger charge is 2.23. The molecule has 92 valence electrons. The molecule has 2 saturated heterocycles. The second kappa shape index (κ2) is 5.67. The Morgan fingerprint density at radius 1 is 1.31 bits per heavy atom. The van der Waals surface area contributed by atoms with E-state index in [-0.39, 0.29) is 0 Å². The van der Waals surface area contributed by atoms with E-state index in [1.807, 2.05) is 0 Å². The minimum Gasteiger partial charge on any atom is -0.343 e. The highest BCUT2D eigenvalue weighted by Crippen LogP contribution is 2.21. The predicted molar refractivity (Wildman–Crippen MR) is 65.2 cm³/mol. The first-order valence-electron chi connectivity index (χ1n) is 6.78. The molecule has 1 N–H and O–H groups in total. The summed E-state index contributed by atoms with van der Waals surface area (Å²) >= 11 is 0. The van der Waals surface area contributed by atoms with Crippen molar-refractivity contribution in [1.82, 2.24) is 10.2 Å². The van der Waals surface area contributed by atoms with Gasteiger partial charge in [0.25, 0.3) is 0 Å². The Morgan fingerprint density at radius 3 is 2.75 bits per heavy atom.